The minimum Gasteiger partial charge on any atom is -0.383 e. The molecule has 1 aliphatic carbocycles. The molecule has 26 heavy (non-hydrogen) atoms. The van der Waals surface area contributed by atoms with E-state index < -0.39 is 5.54 Å². The van der Waals surface area contributed by atoms with Gasteiger partial charge in [-0.15, -0.1) is 0 Å². The van der Waals surface area contributed by atoms with E-state index in [0.717, 1.165) is 31.6 Å². The van der Waals surface area contributed by atoms with Crippen molar-refractivity contribution >= 4 is 17.8 Å². The first kappa shape index (κ1) is 19.1. The van der Waals surface area contributed by atoms with E-state index in [9.17, 15) is 9.59 Å². The fraction of sp³-hybridized carbons (Fsp3) is 0.842. The highest BCUT2D eigenvalue weighted by atomic mass is 16.5. The summed E-state index contributed by atoms with van der Waals surface area (Å²) in [6, 6.07) is -0.00960. The Morgan fingerprint density at radius 2 is 2.19 bits per heavy atom. The van der Waals surface area contributed by atoms with Crippen LogP contribution in [0.4, 0.5) is 4.79 Å². The predicted molar refractivity (Wildman–Crippen MR) is 100 cm³/mol. The second-order valence-corrected chi connectivity index (χ2v) is 8.15. The van der Waals surface area contributed by atoms with Crippen molar-refractivity contribution in [2.45, 2.75) is 45.6 Å². The van der Waals surface area contributed by atoms with E-state index in [2.05, 4.69) is 19.2 Å². The molecule has 146 valence electrons. The summed E-state index contributed by atoms with van der Waals surface area (Å²) in [5.41, 5.74) is -0.656. The normalized spacial score (nSPS) is 30.5. The van der Waals surface area contributed by atoms with Crippen LogP contribution in [0.15, 0.2) is 4.99 Å². The van der Waals surface area contributed by atoms with Crippen LogP contribution < -0.4 is 5.32 Å². The number of ether oxygens (including phenoxy) is 1. The Labute approximate surface area is 156 Å². The van der Waals surface area contributed by atoms with Crippen LogP contribution in [0.5, 0.6) is 0 Å². The van der Waals surface area contributed by atoms with Gasteiger partial charge in [-0.1, -0.05) is 20.8 Å². The van der Waals surface area contributed by atoms with Crippen molar-refractivity contribution in [3.63, 3.8) is 0 Å². The quantitative estimate of drug-likeness (QED) is 0.780. The number of nitrogens with one attached hydrogen (secondary N) is 1. The van der Waals surface area contributed by atoms with E-state index in [4.69, 9.17) is 9.73 Å². The zero-order chi connectivity index (χ0) is 18.9. The molecule has 7 heteroatoms. The summed E-state index contributed by atoms with van der Waals surface area (Å²) in [7, 11) is 1.65. The van der Waals surface area contributed by atoms with Gasteiger partial charge in [0.15, 0.2) is 0 Å². The van der Waals surface area contributed by atoms with Gasteiger partial charge in [-0.05, 0) is 24.7 Å². The van der Waals surface area contributed by atoms with Gasteiger partial charge in [0.25, 0.3) is 5.91 Å². The molecular formula is C19H32N4O3. The number of carbonyl (C=O) groups is 2. The second-order valence-electron chi connectivity index (χ2n) is 8.15. The smallest absolute Gasteiger partial charge is 0.317 e. The van der Waals surface area contributed by atoms with Gasteiger partial charge in [0.1, 0.15) is 11.4 Å². The average molecular weight is 364 g/mol. The van der Waals surface area contributed by atoms with Crippen molar-refractivity contribution < 1.29 is 14.3 Å². The SMILES string of the molecule is CCC1=N[C@@]2(CC[C@@H]3CN(C(=O)NCC(C)C)C[C@@H]32)C(=O)N1CCOC. The van der Waals surface area contributed by atoms with Crippen LogP contribution in [0, 0.1) is 17.8 Å². The number of urea groups is 1. The van der Waals surface area contributed by atoms with Crippen LogP contribution in [0.25, 0.3) is 0 Å². The Morgan fingerprint density at radius 3 is 2.85 bits per heavy atom. The second kappa shape index (κ2) is 7.55. The minimum atomic E-state index is -0.656. The Hall–Kier alpha value is -1.63. The molecule has 0 unspecified atom stereocenters. The number of likely N-dealkylation sites (tertiary alicyclic amines) is 1. The zero-order valence-electron chi connectivity index (χ0n) is 16.5. The molecule has 7 nitrogen and oxygen atoms in total. The molecule has 2 aliphatic heterocycles. The van der Waals surface area contributed by atoms with Crippen LogP contribution >= 0.6 is 0 Å². The van der Waals surface area contributed by atoms with Crippen LogP contribution in [-0.2, 0) is 9.53 Å². The lowest BCUT2D eigenvalue weighted by Gasteiger charge is -2.28. The lowest BCUT2D eigenvalue weighted by atomic mass is 9.85. The molecule has 1 N–H and O–H groups in total. The minimum absolute atomic E-state index is 0.00960. The first-order valence-electron chi connectivity index (χ1n) is 9.85. The number of fused-ring (bicyclic) bond motifs is 2. The summed E-state index contributed by atoms with van der Waals surface area (Å²) in [6.45, 7) is 9.31. The maximum Gasteiger partial charge on any atom is 0.317 e. The van der Waals surface area contributed by atoms with Gasteiger partial charge in [0.05, 0.1) is 13.2 Å². The van der Waals surface area contributed by atoms with E-state index in [-0.39, 0.29) is 17.9 Å². The van der Waals surface area contributed by atoms with Crippen LogP contribution in [-0.4, -0.2) is 73.0 Å². The molecule has 1 saturated carbocycles. The highest BCUT2D eigenvalue weighted by Crippen LogP contribution is 2.50. The third kappa shape index (κ3) is 3.21. The zero-order valence-corrected chi connectivity index (χ0v) is 16.5. The summed E-state index contributed by atoms with van der Waals surface area (Å²) in [4.78, 5) is 34.4. The van der Waals surface area contributed by atoms with Crippen molar-refractivity contribution in [3.05, 3.63) is 0 Å². The fourth-order valence-electron chi connectivity index (χ4n) is 4.64. The van der Waals surface area contributed by atoms with Gasteiger partial charge in [-0.25, -0.2) is 4.79 Å². The van der Waals surface area contributed by atoms with Gasteiger partial charge < -0.3 is 15.0 Å². The predicted octanol–water partition coefficient (Wildman–Crippen LogP) is 1.73. The molecular weight excluding hydrogens is 332 g/mol. The molecule has 2 fully saturated rings. The topological polar surface area (TPSA) is 74.2 Å². The number of hydrogen-bond donors (Lipinski definition) is 1. The molecule has 0 radical (unpaired) electrons. The van der Waals surface area contributed by atoms with E-state index in [1.165, 1.54) is 0 Å². The van der Waals surface area contributed by atoms with Crippen molar-refractivity contribution in [1.82, 2.24) is 15.1 Å². The van der Waals surface area contributed by atoms with Crippen molar-refractivity contribution in [2.75, 3.05) is 39.9 Å². The molecule has 0 aromatic carbocycles. The molecule has 3 atom stereocenters. The lowest BCUT2D eigenvalue weighted by molar-refractivity contribution is -0.132. The van der Waals surface area contributed by atoms with Gasteiger partial charge in [-0.3, -0.25) is 14.7 Å². The highest BCUT2D eigenvalue weighted by Gasteiger charge is 2.61. The maximum absolute atomic E-state index is 13.3. The molecule has 2 heterocycles. The summed E-state index contributed by atoms with van der Waals surface area (Å²) in [5, 5.41) is 3.00. The fourth-order valence-corrected chi connectivity index (χ4v) is 4.64. The standard InChI is InChI=1S/C19H32N4O3/c1-5-16-21-19(17(24)23(16)8-9-26-4)7-6-14-11-22(12-15(14)19)18(25)20-10-13(2)3/h13-15H,5-12H2,1-4H3,(H,20,25)/t14-,15+,19-/m1/s1. The highest BCUT2D eigenvalue weighted by molar-refractivity contribution is 6.08. The van der Waals surface area contributed by atoms with Gasteiger partial charge in [-0.2, -0.15) is 0 Å². The number of nitrogens with zero attached hydrogens (tertiary/aromatic N) is 3. The molecule has 0 bridgehead atoms. The van der Waals surface area contributed by atoms with Crippen LogP contribution in [0.3, 0.4) is 0 Å². The Morgan fingerprint density at radius 1 is 1.42 bits per heavy atom. The van der Waals surface area contributed by atoms with E-state index >= 15 is 0 Å². The van der Waals surface area contributed by atoms with Crippen molar-refractivity contribution in [3.8, 4) is 0 Å². The van der Waals surface area contributed by atoms with Gasteiger partial charge in [0, 0.05) is 39.1 Å². The average Bonchev–Trinajstić information content (AvgIpc) is 3.26. The first-order valence-corrected chi connectivity index (χ1v) is 9.85. The molecule has 3 rings (SSSR count). The Balaban J connectivity index is 1.73. The first-order chi connectivity index (χ1) is 12.4. The van der Waals surface area contributed by atoms with Crippen LogP contribution in [0.1, 0.15) is 40.0 Å². The Bertz CT molecular complexity index is 591. The summed E-state index contributed by atoms with van der Waals surface area (Å²) >= 11 is 0. The summed E-state index contributed by atoms with van der Waals surface area (Å²) in [5.74, 6) is 1.91. The third-order valence-electron chi connectivity index (χ3n) is 5.99. The molecule has 0 aromatic rings. The summed E-state index contributed by atoms with van der Waals surface area (Å²) < 4.78 is 5.17. The van der Waals surface area contributed by atoms with Crippen molar-refractivity contribution in [2.24, 2.45) is 22.7 Å². The maximum atomic E-state index is 13.3. The molecule has 3 aliphatic rings. The largest absolute Gasteiger partial charge is 0.383 e. The van der Waals surface area contributed by atoms with E-state index in [0.29, 0.717) is 38.1 Å². The molecule has 3 amide bonds. The lowest BCUT2D eigenvalue weighted by Crippen LogP contribution is -2.48. The number of carbonyl (C=O) groups excluding carboxylic acids is 2. The number of rotatable bonds is 6. The van der Waals surface area contributed by atoms with Gasteiger partial charge in [0.2, 0.25) is 0 Å². The summed E-state index contributed by atoms with van der Waals surface area (Å²) in [6.07, 6.45) is 2.51. The van der Waals surface area contributed by atoms with Crippen molar-refractivity contribution in [1.29, 1.82) is 0 Å². The number of hydrogen-bond acceptors (Lipinski definition) is 4. The van der Waals surface area contributed by atoms with Crippen LogP contribution in [0.2, 0.25) is 0 Å². The monoisotopic (exact) mass is 364 g/mol. The number of amides is 3. The van der Waals surface area contributed by atoms with E-state index in [1.807, 2.05) is 16.7 Å². The molecule has 0 aromatic heterocycles. The van der Waals surface area contributed by atoms with Gasteiger partial charge >= 0.3 is 6.03 Å². The number of methoxy groups -OCH3 is 1. The molecule has 1 spiro atoms. The third-order valence-corrected chi connectivity index (χ3v) is 5.99. The molecule has 1 saturated heterocycles. The Kier molecular flexibility index (Phi) is 5.55. The number of aliphatic imine (C=N–C) groups is 1. The number of amidine groups is 1. The van der Waals surface area contributed by atoms with E-state index in [1.54, 1.807) is 7.11 Å².